The third-order valence-electron chi connectivity index (χ3n) is 3.33. The number of fused-ring (bicyclic) bond motifs is 1. The van der Waals surface area contributed by atoms with Crippen molar-refractivity contribution in [3.05, 3.63) is 58.5 Å². The third-order valence-corrected chi connectivity index (χ3v) is 4.64. The van der Waals surface area contributed by atoms with Crippen molar-refractivity contribution in [3.63, 3.8) is 0 Å². The Labute approximate surface area is 145 Å². The second kappa shape index (κ2) is 7.15. The number of ether oxygens (including phenoxy) is 2. The molecule has 0 radical (unpaired) electrons. The first kappa shape index (κ1) is 16.7. The maximum atomic E-state index is 12.2. The van der Waals surface area contributed by atoms with Crippen molar-refractivity contribution < 1.29 is 17.9 Å². The highest BCUT2D eigenvalue weighted by atomic mass is 35.5. The van der Waals surface area contributed by atoms with E-state index >= 15 is 0 Å². The zero-order valence-electron chi connectivity index (χ0n) is 12.7. The highest BCUT2D eigenvalue weighted by molar-refractivity contribution is 7.95. The zero-order chi connectivity index (χ0) is 17.0. The van der Waals surface area contributed by atoms with Gasteiger partial charge in [0.25, 0.3) is 10.0 Å². The van der Waals surface area contributed by atoms with Crippen LogP contribution in [0.3, 0.4) is 0 Å². The molecule has 0 saturated carbocycles. The van der Waals surface area contributed by atoms with Crippen LogP contribution in [0.2, 0.25) is 5.02 Å². The Balaban J connectivity index is 1.82. The van der Waals surface area contributed by atoms with Crippen LogP contribution in [0.15, 0.2) is 47.9 Å². The van der Waals surface area contributed by atoms with Crippen LogP contribution in [0.5, 0.6) is 11.5 Å². The van der Waals surface area contributed by atoms with Gasteiger partial charge in [-0.3, -0.25) is 4.72 Å². The Hall–Kier alpha value is -2.18. The van der Waals surface area contributed by atoms with E-state index in [0.29, 0.717) is 24.7 Å². The fourth-order valence-corrected chi connectivity index (χ4v) is 3.32. The van der Waals surface area contributed by atoms with E-state index in [-0.39, 0.29) is 10.7 Å². The van der Waals surface area contributed by atoms with Gasteiger partial charge >= 0.3 is 0 Å². The zero-order valence-corrected chi connectivity index (χ0v) is 14.3. The van der Waals surface area contributed by atoms with Gasteiger partial charge in [-0.2, -0.15) is 0 Å². The maximum absolute atomic E-state index is 12.2. The standard InChI is InChI=1S/C17H16ClNO4S/c18-14-11-16-17(23-9-4-8-22-16)12-15(14)19-24(20,21)10-7-13-5-2-1-3-6-13/h1-3,5-7,10-12,19H,4,8-9H2/b10-7+. The van der Waals surface area contributed by atoms with E-state index in [1.54, 1.807) is 6.07 Å². The Morgan fingerprint density at radius 2 is 1.71 bits per heavy atom. The third kappa shape index (κ3) is 4.21. The van der Waals surface area contributed by atoms with Crippen molar-refractivity contribution in [2.75, 3.05) is 17.9 Å². The molecule has 0 aliphatic carbocycles. The lowest BCUT2D eigenvalue weighted by atomic mass is 10.2. The molecule has 5 nitrogen and oxygen atoms in total. The molecule has 0 unspecified atom stereocenters. The van der Waals surface area contributed by atoms with E-state index < -0.39 is 10.0 Å². The summed E-state index contributed by atoms with van der Waals surface area (Å²) in [6.07, 6.45) is 2.27. The van der Waals surface area contributed by atoms with Crippen molar-refractivity contribution in [3.8, 4) is 11.5 Å². The molecule has 2 aromatic carbocycles. The van der Waals surface area contributed by atoms with Gasteiger partial charge in [0.2, 0.25) is 0 Å². The van der Waals surface area contributed by atoms with Crippen LogP contribution in [-0.4, -0.2) is 21.6 Å². The molecule has 0 spiro atoms. The molecule has 24 heavy (non-hydrogen) atoms. The van der Waals surface area contributed by atoms with Crippen molar-refractivity contribution >= 4 is 33.4 Å². The van der Waals surface area contributed by atoms with Crippen LogP contribution in [0, 0.1) is 0 Å². The lowest BCUT2D eigenvalue weighted by Crippen LogP contribution is -2.09. The summed E-state index contributed by atoms with van der Waals surface area (Å²) in [5, 5.41) is 1.35. The van der Waals surface area contributed by atoms with Crippen LogP contribution in [0.1, 0.15) is 12.0 Å². The van der Waals surface area contributed by atoms with E-state index in [1.807, 2.05) is 30.3 Å². The Morgan fingerprint density at radius 3 is 2.42 bits per heavy atom. The fraction of sp³-hybridized carbons (Fsp3) is 0.176. The molecule has 1 aliphatic heterocycles. The summed E-state index contributed by atoms with van der Waals surface area (Å²) in [5.74, 6) is 0.988. The molecule has 1 N–H and O–H groups in total. The highest BCUT2D eigenvalue weighted by Crippen LogP contribution is 2.38. The number of halogens is 1. The second-order valence-electron chi connectivity index (χ2n) is 5.19. The van der Waals surface area contributed by atoms with E-state index in [4.69, 9.17) is 21.1 Å². The molecule has 7 heteroatoms. The van der Waals surface area contributed by atoms with Gasteiger partial charge in [-0.1, -0.05) is 41.9 Å². The summed E-state index contributed by atoms with van der Waals surface area (Å²) in [5.41, 5.74) is 1.03. The number of hydrogen-bond donors (Lipinski definition) is 1. The summed E-state index contributed by atoms with van der Waals surface area (Å²) in [6, 6.07) is 12.2. The Morgan fingerprint density at radius 1 is 1.04 bits per heavy atom. The van der Waals surface area contributed by atoms with Gasteiger partial charge in [0.05, 0.1) is 29.3 Å². The molecule has 2 aromatic rings. The van der Waals surface area contributed by atoms with Crippen molar-refractivity contribution in [2.24, 2.45) is 0 Å². The fourth-order valence-electron chi connectivity index (χ4n) is 2.18. The van der Waals surface area contributed by atoms with Gasteiger partial charge in [-0.15, -0.1) is 0 Å². The summed E-state index contributed by atoms with van der Waals surface area (Å²) >= 11 is 6.15. The lowest BCUT2D eigenvalue weighted by Gasteiger charge is -2.12. The first-order valence-corrected chi connectivity index (χ1v) is 9.31. The predicted molar refractivity (Wildman–Crippen MR) is 95.1 cm³/mol. The van der Waals surface area contributed by atoms with Gasteiger partial charge in [-0.25, -0.2) is 8.42 Å². The maximum Gasteiger partial charge on any atom is 0.255 e. The molecule has 1 aliphatic rings. The minimum atomic E-state index is -3.70. The van der Waals surface area contributed by atoms with Crippen LogP contribution < -0.4 is 14.2 Å². The molecule has 0 bridgehead atoms. The molecular formula is C17H16ClNO4S. The monoisotopic (exact) mass is 365 g/mol. The average Bonchev–Trinajstić information content (AvgIpc) is 2.79. The average molecular weight is 366 g/mol. The normalized spacial score (nSPS) is 14.4. The van der Waals surface area contributed by atoms with Gasteiger partial charge in [0.1, 0.15) is 0 Å². The molecule has 0 atom stereocenters. The van der Waals surface area contributed by atoms with E-state index in [0.717, 1.165) is 17.4 Å². The molecule has 0 saturated heterocycles. The number of nitrogens with one attached hydrogen (secondary N) is 1. The molecular weight excluding hydrogens is 350 g/mol. The largest absolute Gasteiger partial charge is 0.490 e. The summed E-state index contributed by atoms with van der Waals surface area (Å²) in [6.45, 7) is 1.04. The second-order valence-corrected chi connectivity index (χ2v) is 7.16. The molecule has 0 aromatic heterocycles. The lowest BCUT2D eigenvalue weighted by molar-refractivity contribution is 0.297. The van der Waals surface area contributed by atoms with Gasteiger partial charge in [-0.05, 0) is 11.6 Å². The van der Waals surface area contributed by atoms with Crippen LogP contribution in [0.25, 0.3) is 6.08 Å². The first-order valence-electron chi connectivity index (χ1n) is 7.39. The molecule has 1 heterocycles. The van der Waals surface area contributed by atoms with Crippen molar-refractivity contribution in [1.29, 1.82) is 0 Å². The van der Waals surface area contributed by atoms with E-state index in [1.165, 1.54) is 12.1 Å². The Bertz CT molecular complexity index is 850. The van der Waals surface area contributed by atoms with Crippen LogP contribution >= 0.6 is 11.6 Å². The van der Waals surface area contributed by atoms with E-state index in [9.17, 15) is 8.42 Å². The summed E-state index contributed by atoms with van der Waals surface area (Å²) in [7, 11) is -3.70. The number of anilines is 1. The van der Waals surface area contributed by atoms with Gasteiger partial charge in [0.15, 0.2) is 11.5 Å². The van der Waals surface area contributed by atoms with Gasteiger partial charge < -0.3 is 9.47 Å². The van der Waals surface area contributed by atoms with Gasteiger partial charge in [0, 0.05) is 18.6 Å². The summed E-state index contributed by atoms with van der Waals surface area (Å²) < 4.78 is 38.0. The minimum absolute atomic E-state index is 0.246. The number of benzene rings is 2. The van der Waals surface area contributed by atoms with Crippen LogP contribution in [-0.2, 0) is 10.0 Å². The molecule has 0 amide bonds. The quantitative estimate of drug-likeness (QED) is 0.892. The molecule has 126 valence electrons. The van der Waals surface area contributed by atoms with Crippen molar-refractivity contribution in [2.45, 2.75) is 6.42 Å². The number of sulfonamides is 1. The molecule has 3 rings (SSSR count). The van der Waals surface area contributed by atoms with E-state index in [2.05, 4.69) is 4.72 Å². The number of hydrogen-bond acceptors (Lipinski definition) is 4. The molecule has 0 fully saturated rings. The Kier molecular flexibility index (Phi) is 4.97. The van der Waals surface area contributed by atoms with Crippen LogP contribution in [0.4, 0.5) is 5.69 Å². The van der Waals surface area contributed by atoms with Crippen molar-refractivity contribution in [1.82, 2.24) is 0 Å². The predicted octanol–water partition coefficient (Wildman–Crippen LogP) is 3.91. The summed E-state index contributed by atoms with van der Waals surface area (Å²) in [4.78, 5) is 0. The smallest absolute Gasteiger partial charge is 0.255 e. The topological polar surface area (TPSA) is 64.6 Å². The number of rotatable bonds is 4. The minimum Gasteiger partial charge on any atom is -0.490 e. The highest BCUT2D eigenvalue weighted by Gasteiger charge is 2.16. The SMILES string of the molecule is O=S(=O)(/C=C/c1ccccc1)Nc1cc2c(cc1Cl)OCCCO2. The first-order chi connectivity index (χ1) is 11.5.